The van der Waals surface area contributed by atoms with E-state index in [2.05, 4.69) is 69.5 Å². The van der Waals surface area contributed by atoms with Crippen LogP contribution < -0.4 is 0 Å². The maximum atomic E-state index is 5.50. The molecule has 0 saturated carbocycles. The number of aromatic nitrogens is 4. The Hall–Kier alpha value is -2.22. The van der Waals surface area contributed by atoms with E-state index in [-0.39, 0.29) is 18.4 Å². The lowest BCUT2D eigenvalue weighted by molar-refractivity contribution is 0.0768. The molecule has 30 heavy (non-hydrogen) atoms. The van der Waals surface area contributed by atoms with Crippen LogP contribution in [0, 0.1) is 5.92 Å². The summed E-state index contributed by atoms with van der Waals surface area (Å²) in [6.45, 7) is 10.3. The molecule has 1 atom stereocenters. The van der Waals surface area contributed by atoms with Crippen molar-refractivity contribution in [3.63, 3.8) is 0 Å². The molecule has 8 heteroatoms. The summed E-state index contributed by atoms with van der Waals surface area (Å²) in [7, 11) is 0. The molecular formula is C22H31ClN6O. The number of tetrazole rings is 1. The standard InChI is InChI=1S/C22H30N6O.ClH/c1-18(2)15-21(22-23-24-25-28(22)17-20-9-6-14-29-20)27-12-10-26(11-13-27)16-19-7-4-3-5-8-19;/h3-9,14,18,21H,10-13,15-17H2,1-2H3;1H. The lowest BCUT2D eigenvalue weighted by Crippen LogP contribution is -2.47. The number of furan rings is 1. The van der Waals surface area contributed by atoms with Crippen LogP contribution in [0.25, 0.3) is 0 Å². The number of rotatable bonds is 8. The third kappa shape index (κ3) is 5.68. The minimum Gasteiger partial charge on any atom is -0.467 e. The monoisotopic (exact) mass is 430 g/mol. The van der Waals surface area contributed by atoms with Crippen LogP contribution in [0.2, 0.25) is 0 Å². The molecule has 1 fully saturated rings. The minimum absolute atomic E-state index is 0. The van der Waals surface area contributed by atoms with Crippen molar-refractivity contribution >= 4 is 12.4 Å². The highest BCUT2D eigenvalue weighted by atomic mass is 35.5. The number of hydrogen-bond acceptors (Lipinski definition) is 6. The van der Waals surface area contributed by atoms with Crippen LogP contribution in [0.4, 0.5) is 0 Å². The molecule has 3 heterocycles. The Morgan fingerprint density at radius 1 is 0.967 bits per heavy atom. The molecular weight excluding hydrogens is 400 g/mol. The SMILES string of the molecule is CC(C)CC(c1nnnn1Cc1ccco1)N1CCN(Cc2ccccc2)CC1.Cl. The quantitative estimate of drug-likeness (QED) is 0.543. The van der Waals surface area contributed by atoms with Crippen LogP contribution in [0.3, 0.4) is 0 Å². The van der Waals surface area contributed by atoms with Gasteiger partial charge in [0.15, 0.2) is 5.82 Å². The summed E-state index contributed by atoms with van der Waals surface area (Å²) in [5.41, 5.74) is 1.38. The molecule has 1 aromatic carbocycles. The molecule has 1 aliphatic rings. The van der Waals surface area contributed by atoms with Crippen LogP contribution in [0.5, 0.6) is 0 Å². The van der Waals surface area contributed by atoms with E-state index in [4.69, 9.17) is 4.42 Å². The summed E-state index contributed by atoms with van der Waals surface area (Å²) >= 11 is 0. The highest BCUT2D eigenvalue weighted by Crippen LogP contribution is 2.28. The molecule has 0 aliphatic carbocycles. The van der Waals surface area contributed by atoms with Crippen molar-refractivity contribution in [1.82, 2.24) is 30.0 Å². The largest absolute Gasteiger partial charge is 0.467 e. The predicted octanol–water partition coefficient (Wildman–Crippen LogP) is 3.64. The Morgan fingerprint density at radius 3 is 2.40 bits per heavy atom. The zero-order chi connectivity index (χ0) is 20.1. The number of nitrogens with zero attached hydrogens (tertiary/aromatic N) is 6. The van der Waals surface area contributed by atoms with Crippen molar-refractivity contribution < 1.29 is 4.42 Å². The van der Waals surface area contributed by atoms with Crippen LogP contribution >= 0.6 is 12.4 Å². The first kappa shape index (κ1) is 22.5. The van der Waals surface area contributed by atoms with Gasteiger partial charge in [0.1, 0.15) is 12.3 Å². The number of halogens is 1. The molecule has 1 aliphatic heterocycles. The van der Waals surface area contributed by atoms with Crippen molar-refractivity contribution in [1.29, 1.82) is 0 Å². The second kappa shape index (κ2) is 10.7. The van der Waals surface area contributed by atoms with Crippen molar-refractivity contribution in [2.24, 2.45) is 5.92 Å². The first-order chi connectivity index (χ1) is 14.2. The molecule has 7 nitrogen and oxygen atoms in total. The average Bonchev–Trinajstić information content (AvgIpc) is 3.40. The smallest absolute Gasteiger partial charge is 0.168 e. The Bertz CT molecular complexity index is 859. The fourth-order valence-electron chi connectivity index (χ4n) is 4.05. The van der Waals surface area contributed by atoms with Gasteiger partial charge < -0.3 is 4.42 Å². The summed E-state index contributed by atoms with van der Waals surface area (Å²) in [5.74, 6) is 2.37. The predicted molar refractivity (Wildman–Crippen MR) is 118 cm³/mol. The van der Waals surface area contributed by atoms with E-state index < -0.39 is 0 Å². The van der Waals surface area contributed by atoms with Crippen LogP contribution in [-0.2, 0) is 13.1 Å². The number of benzene rings is 1. The van der Waals surface area contributed by atoms with Crippen LogP contribution in [0.1, 0.15) is 43.5 Å². The molecule has 1 saturated heterocycles. The Balaban J connectivity index is 0.00000256. The molecule has 0 N–H and O–H groups in total. The fourth-order valence-corrected chi connectivity index (χ4v) is 4.05. The molecule has 3 aromatic rings. The van der Waals surface area contributed by atoms with Gasteiger partial charge in [-0.15, -0.1) is 17.5 Å². The maximum absolute atomic E-state index is 5.50. The zero-order valence-corrected chi connectivity index (χ0v) is 18.5. The van der Waals surface area contributed by atoms with Gasteiger partial charge in [0.2, 0.25) is 0 Å². The van der Waals surface area contributed by atoms with E-state index in [0.717, 1.165) is 50.7 Å². The molecule has 0 bridgehead atoms. The van der Waals surface area contributed by atoms with Gasteiger partial charge in [-0.05, 0) is 40.5 Å². The number of hydrogen-bond donors (Lipinski definition) is 0. The van der Waals surface area contributed by atoms with E-state index in [1.54, 1.807) is 6.26 Å². The molecule has 4 rings (SSSR count). The Kier molecular flexibility index (Phi) is 8.01. The lowest BCUT2D eigenvalue weighted by Gasteiger charge is -2.39. The topological polar surface area (TPSA) is 63.2 Å². The van der Waals surface area contributed by atoms with Crippen molar-refractivity contribution in [2.45, 2.75) is 39.4 Å². The summed E-state index contributed by atoms with van der Waals surface area (Å²) in [5, 5.41) is 12.6. The Labute approximate surface area is 184 Å². The third-order valence-electron chi connectivity index (χ3n) is 5.53. The van der Waals surface area contributed by atoms with E-state index in [0.29, 0.717) is 12.5 Å². The summed E-state index contributed by atoms with van der Waals surface area (Å²) in [4.78, 5) is 5.08. The molecule has 162 valence electrons. The van der Waals surface area contributed by atoms with Gasteiger partial charge in [0.05, 0.1) is 12.3 Å². The normalized spacial score (nSPS) is 16.5. The number of piperazine rings is 1. The van der Waals surface area contributed by atoms with Gasteiger partial charge in [-0.2, -0.15) is 0 Å². The van der Waals surface area contributed by atoms with Crippen molar-refractivity contribution in [3.8, 4) is 0 Å². The Morgan fingerprint density at radius 2 is 1.73 bits per heavy atom. The zero-order valence-electron chi connectivity index (χ0n) is 17.7. The van der Waals surface area contributed by atoms with Crippen molar-refractivity contribution in [2.75, 3.05) is 26.2 Å². The maximum Gasteiger partial charge on any atom is 0.168 e. The lowest BCUT2D eigenvalue weighted by atomic mass is 10.0. The second-order valence-corrected chi connectivity index (χ2v) is 8.22. The highest BCUT2D eigenvalue weighted by molar-refractivity contribution is 5.85. The van der Waals surface area contributed by atoms with Gasteiger partial charge in [0.25, 0.3) is 0 Å². The van der Waals surface area contributed by atoms with E-state index in [1.165, 1.54) is 5.56 Å². The van der Waals surface area contributed by atoms with Crippen molar-refractivity contribution in [3.05, 3.63) is 65.9 Å². The van der Waals surface area contributed by atoms with Gasteiger partial charge >= 0.3 is 0 Å². The van der Waals surface area contributed by atoms with Gasteiger partial charge in [0, 0.05) is 32.7 Å². The van der Waals surface area contributed by atoms with E-state index >= 15 is 0 Å². The van der Waals surface area contributed by atoms with Crippen LogP contribution in [0.15, 0.2) is 53.1 Å². The summed E-state index contributed by atoms with van der Waals surface area (Å²) < 4.78 is 7.39. The van der Waals surface area contributed by atoms with Gasteiger partial charge in [-0.1, -0.05) is 44.2 Å². The minimum atomic E-state index is 0. The summed E-state index contributed by atoms with van der Waals surface area (Å²) in [6.07, 6.45) is 2.73. The van der Waals surface area contributed by atoms with E-state index in [1.807, 2.05) is 16.8 Å². The van der Waals surface area contributed by atoms with Crippen LogP contribution in [-0.4, -0.2) is 56.2 Å². The molecule has 0 spiro atoms. The first-order valence-electron chi connectivity index (χ1n) is 10.5. The van der Waals surface area contributed by atoms with Gasteiger partial charge in [-0.3, -0.25) is 9.80 Å². The molecule has 0 radical (unpaired) electrons. The molecule has 2 aromatic heterocycles. The molecule has 0 amide bonds. The van der Waals surface area contributed by atoms with Gasteiger partial charge in [-0.25, -0.2) is 4.68 Å². The first-order valence-corrected chi connectivity index (χ1v) is 10.5. The summed E-state index contributed by atoms with van der Waals surface area (Å²) in [6, 6.07) is 14.8. The highest BCUT2D eigenvalue weighted by Gasteiger charge is 2.30. The fraction of sp³-hybridized carbons (Fsp3) is 0.500. The molecule has 1 unspecified atom stereocenters. The second-order valence-electron chi connectivity index (χ2n) is 8.22. The van der Waals surface area contributed by atoms with E-state index in [9.17, 15) is 0 Å². The average molecular weight is 431 g/mol. The third-order valence-corrected chi connectivity index (χ3v) is 5.53.